The SMILES string of the molecule is C.C.C.C.C.C.C.C.C.C.C.C.F.F.F.I.I.[2HH].[2HH].[2HH].[2HH].[2HH].[B].[B].[B].[B].[B].[B].[B].[B].[B].[B].[B].[B].[B].[B].[B].[B].[H-].[H-].[HH].[HH].[K+].[K+]. The van der Waals surface area contributed by atoms with Crippen LogP contribution in [0.15, 0.2) is 0 Å². The summed E-state index contributed by atoms with van der Waals surface area (Å²) in [7, 11) is 0. The molecule has 0 aromatic heterocycles. The van der Waals surface area contributed by atoms with Crippen LogP contribution < -0.4 is 103 Å². The summed E-state index contributed by atoms with van der Waals surface area (Å²) in [6.45, 7) is 0. The van der Waals surface area contributed by atoms with Gasteiger partial charge in [0.2, 0.25) is 0 Å². The van der Waals surface area contributed by atoms with E-state index in [-0.39, 0.29) is 401 Å². The van der Waals surface area contributed by atoms with Gasteiger partial charge in [0, 0.05) is 145 Å². The summed E-state index contributed by atoms with van der Waals surface area (Å²) in [5, 5.41) is 0. The van der Waals surface area contributed by atoms with Crippen molar-refractivity contribution >= 4 is 183 Å². The molecule has 0 spiro atoms. The van der Waals surface area contributed by atoms with Gasteiger partial charge in [0.25, 0.3) is 0 Å². The van der Waals surface area contributed by atoms with E-state index in [1.54, 1.807) is 0 Å². The van der Waals surface area contributed by atoms with Crippen LogP contribution in [0, 0.1) is 0 Å². The minimum atomic E-state index is 0. The van der Waals surface area contributed by atoms with Crippen molar-refractivity contribution in [3.05, 3.63) is 0 Å². The van der Waals surface area contributed by atoms with Gasteiger partial charge in [-0.1, -0.05) is 89.1 Å². The first-order chi connectivity index (χ1) is 0. The van der Waals surface area contributed by atoms with Crippen molar-refractivity contribution in [3.8, 4) is 0 Å². The van der Waals surface area contributed by atoms with E-state index in [1.807, 2.05) is 0 Å². The van der Waals surface area contributed by atoms with Gasteiger partial charge in [-0.3, -0.25) is 14.1 Å². The molecule has 0 aromatic rings. The van der Waals surface area contributed by atoms with Crippen LogP contribution >= 0.6 is 48.0 Å². The monoisotopic (exact) mass is 783 g/mol. The zero-order chi connectivity index (χ0) is 0. The molecule has 0 aliphatic carbocycles. The zero-order valence-corrected chi connectivity index (χ0v) is 24.2. The second-order valence-corrected chi connectivity index (χ2v) is 0. The maximum absolute atomic E-state index is 0. The van der Waals surface area contributed by atoms with Crippen molar-refractivity contribution in [2.45, 2.75) is 89.1 Å². The van der Waals surface area contributed by atoms with Crippen LogP contribution in [-0.4, -0.2) is 135 Å². The van der Waals surface area contributed by atoms with Crippen molar-refractivity contribution in [2.75, 3.05) is 0 Å². The van der Waals surface area contributed by atoms with Crippen LogP contribution in [0.2, 0.25) is 0 Å². The Labute approximate surface area is 395 Å². The molecule has 0 saturated carbocycles. The molecule has 0 atom stereocenters. The fraction of sp³-hybridized carbons (Fsp3) is 1.00. The van der Waals surface area contributed by atoms with Crippen molar-refractivity contribution in [3.63, 3.8) is 0 Å². The van der Waals surface area contributed by atoms with E-state index in [0.29, 0.717) is 0 Å². The standard InChI is InChI=1S/12CH4.16B.3FH.2HI.2K.7H2.2H/h12*1H4;;;;;;;;;;;;;;;;;5*1H;;;7*1H;;/q;;;;;;;;;;;;;;;;;;;;;;;;;;;;;;;;;2*+1;;;;;;;;2*-1/i;;;;;;;;;;;;;;;;;;;;;;;;;;;;;;;;;;;5*1+1;;;;. The van der Waals surface area contributed by atoms with E-state index in [9.17, 15) is 0 Å². The molecule has 0 nitrogen and oxygen atoms in total. The van der Waals surface area contributed by atoms with Gasteiger partial charge in [0.15, 0.2) is 0 Å². The molecule has 0 heterocycles. The first-order valence-electron chi connectivity index (χ1n) is 0. The minimum Gasteiger partial charge on any atom is -1.00 e. The maximum atomic E-state index is 0. The van der Waals surface area contributed by atoms with E-state index < -0.39 is 0 Å². The van der Waals surface area contributed by atoms with Crippen LogP contribution in [0.1, 0.15) is 102 Å². The van der Waals surface area contributed by atoms with Gasteiger partial charge < -0.3 is 2.85 Å². The third-order valence-electron chi connectivity index (χ3n) is 0. The molecule has 0 rings (SSSR count). The van der Waals surface area contributed by atoms with Crippen LogP contribution in [0.3, 0.4) is 0 Å². The summed E-state index contributed by atoms with van der Waals surface area (Å²) in [5.74, 6) is 0. The molecular formula is C12H69B16F3I2K2. The largest absolute Gasteiger partial charge is 1.00 e. The summed E-state index contributed by atoms with van der Waals surface area (Å²) in [6.07, 6.45) is 0. The van der Waals surface area contributed by atoms with E-state index >= 15 is 0 Å². The molecule has 23 heteroatoms. The average Bonchev–Trinajstić information content (AvgIpc) is 0. The second-order valence-electron chi connectivity index (χ2n) is 0. The Hall–Kier alpha value is 5.56. The molecule has 0 fully saturated rings. The molecule has 0 unspecified atom stereocenters. The molecule has 35 heavy (non-hydrogen) atoms. The molecule has 0 saturated heterocycles. The summed E-state index contributed by atoms with van der Waals surface area (Å²) in [4.78, 5) is 0. The van der Waals surface area contributed by atoms with Gasteiger partial charge >= 0.3 is 103 Å². The Morgan fingerprint density at radius 3 is 0.229 bits per heavy atom. The van der Waals surface area contributed by atoms with Crippen molar-refractivity contribution in [1.82, 2.24) is 0 Å². The number of halogens is 5. The van der Waals surface area contributed by atoms with Gasteiger partial charge in [-0.15, -0.1) is 48.0 Å². The Morgan fingerprint density at radius 1 is 0.229 bits per heavy atom. The average molecular weight is 781 g/mol. The van der Waals surface area contributed by atoms with Gasteiger partial charge in [0.05, 0.1) is 0 Å². The molecule has 202 valence electrons. The van der Waals surface area contributed by atoms with E-state index in [2.05, 4.69) is 0 Å². The molecule has 48 radical (unpaired) electrons. The van der Waals surface area contributed by atoms with Crippen molar-refractivity contribution < 1.29 is 130 Å². The normalized spacial score (nSPS) is 0. The van der Waals surface area contributed by atoms with Crippen LogP contribution in [0.25, 0.3) is 0 Å². The molecule has 0 bridgehead atoms. The van der Waals surface area contributed by atoms with Gasteiger partial charge in [-0.25, -0.2) is 0 Å². The molecule has 0 N–H and O–H groups in total. The minimum absolute atomic E-state index is 0. The zero-order valence-electron chi connectivity index (χ0n) is 15.3. The van der Waals surface area contributed by atoms with Crippen molar-refractivity contribution in [2.24, 2.45) is 0 Å². The van der Waals surface area contributed by atoms with Crippen LogP contribution in [0.4, 0.5) is 14.1 Å². The third-order valence-corrected chi connectivity index (χ3v) is 0. The van der Waals surface area contributed by atoms with E-state index in [0.717, 1.165) is 0 Å². The Balaban J connectivity index is 0. The number of hydrogen-bond donors (Lipinski definition) is 0. The topological polar surface area (TPSA) is 0 Å². The molecule has 0 aromatic carbocycles. The predicted octanol–water partition coefficient (Wildman–Crippen LogP) is -0.811. The molecule has 0 amide bonds. The molecular weight excluding hydrogens is 706 g/mol. The number of hydrogen-bond acceptors (Lipinski definition) is 0. The van der Waals surface area contributed by atoms with Gasteiger partial charge in [-0.05, 0) is 0 Å². The Morgan fingerprint density at radius 2 is 0.229 bits per heavy atom. The van der Waals surface area contributed by atoms with Gasteiger partial charge in [-0.2, -0.15) is 0 Å². The quantitative estimate of drug-likeness (QED) is 0.223. The fourth-order valence-electron chi connectivity index (χ4n) is 0. The van der Waals surface area contributed by atoms with Crippen molar-refractivity contribution in [1.29, 1.82) is 0 Å². The summed E-state index contributed by atoms with van der Waals surface area (Å²) in [5.41, 5.74) is 0. The van der Waals surface area contributed by atoms with Crippen LogP contribution in [0.5, 0.6) is 0 Å². The Kier molecular flexibility index (Phi) is 112000. The second kappa shape index (κ2) is 1900. The summed E-state index contributed by atoms with van der Waals surface area (Å²) in [6, 6.07) is 0. The molecule has 0 aliphatic rings. The summed E-state index contributed by atoms with van der Waals surface area (Å²) >= 11 is 0. The van der Waals surface area contributed by atoms with Gasteiger partial charge in [0.1, 0.15) is 0 Å². The maximum Gasteiger partial charge on any atom is 1.00 e. The fourth-order valence-corrected chi connectivity index (χ4v) is 0. The smallest absolute Gasteiger partial charge is 1.00 e. The predicted molar refractivity (Wildman–Crippen MR) is 228 cm³/mol. The number of rotatable bonds is 0. The van der Waals surface area contributed by atoms with E-state index in [1.165, 1.54) is 0 Å². The first-order valence-corrected chi connectivity index (χ1v) is 0. The van der Waals surface area contributed by atoms with E-state index in [4.69, 9.17) is 0 Å². The molecule has 0 aliphatic heterocycles. The van der Waals surface area contributed by atoms with Crippen LogP contribution in [-0.2, 0) is 0 Å². The first kappa shape index (κ1) is 2050. The Bertz CT molecular complexity index is 95.9. The third kappa shape index (κ3) is 1800. The summed E-state index contributed by atoms with van der Waals surface area (Å²) < 4.78 is 0.